The third-order valence-electron chi connectivity index (χ3n) is 4.12. The van der Waals surface area contributed by atoms with E-state index in [-0.39, 0.29) is 0 Å². The lowest BCUT2D eigenvalue weighted by atomic mass is 9.87. The molecular formula is C18H29Cl2N. The number of hydrogen-bond donors (Lipinski definition) is 1. The quantitative estimate of drug-likeness (QED) is 0.545. The van der Waals surface area contributed by atoms with Crippen LogP contribution in [0, 0.1) is 5.92 Å². The van der Waals surface area contributed by atoms with Crippen molar-refractivity contribution >= 4 is 23.2 Å². The molecule has 21 heavy (non-hydrogen) atoms. The fourth-order valence-corrected chi connectivity index (χ4v) is 3.13. The van der Waals surface area contributed by atoms with Crippen LogP contribution >= 0.6 is 23.2 Å². The fraction of sp³-hybridized carbons (Fsp3) is 0.667. The minimum absolute atomic E-state index is 0.527. The first-order valence-corrected chi connectivity index (χ1v) is 9.05. The number of unbranched alkanes of at least 4 members (excludes halogenated alkanes) is 1. The lowest BCUT2D eigenvalue weighted by Gasteiger charge is -2.28. The van der Waals surface area contributed by atoms with Gasteiger partial charge in [-0.3, -0.25) is 0 Å². The monoisotopic (exact) mass is 329 g/mol. The largest absolute Gasteiger partial charge is 0.313 e. The van der Waals surface area contributed by atoms with Crippen molar-refractivity contribution < 1.29 is 0 Å². The van der Waals surface area contributed by atoms with Crippen molar-refractivity contribution in [3.8, 4) is 0 Å². The van der Waals surface area contributed by atoms with Crippen molar-refractivity contribution in [3.63, 3.8) is 0 Å². The van der Waals surface area contributed by atoms with E-state index in [9.17, 15) is 0 Å². The summed E-state index contributed by atoms with van der Waals surface area (Å²) >= 11 is 12.2. The zero-order valence-electron chi connectivity index (χ0n) is 13.6. The first kappa shape index (κ1) is 18.8. The van der Waals surface area contributed by atoms with Crippen LogP contribution in [0.5, 0.6) is 0 Å². The number of benzene rings is 1. The molecule has 1 aromatic carbocycles. The SMILES string of the molecule is CCCCC(CC)C(Cc1ccc(Cl)c(Cl)c1)NCCC. The summed E-state index contributed by atoms with van der Waals surface area (Å²) in [7, 11) is 0. The number of nitrogens with one attached hydrogen (secondary N) is 1. The Morgan fingerprint density at radius 2 is 1.81 bits per heavy atom. The summed E-state index contributed by atoms with van der Waals surface area (Å²) in [6, 6.07) is 6.54. The minimum Gasteiger partial charge on any atom is -0.313 e. The predicted molar refractivity (Wildman–Crippen MR) is 95.6 cm³/mol. The Balaban J connectivity index is 2.77. The highest BCUT2D eigenvalue weighted by atomic mass is 35.5. The average Bonchev–Trinajstić information content (AvgIpc) is 2.48. The van der Waals surface area contributed by atoms with Gasteiger partial charge in [-0.05, 0) is 49.4 Å². The first-order valence-electron chi connectivity index (χ1n) is 8.29. The maximum Gasteiger partial charge on any atom is 0.0595 e. The van der Waals surface area contributed by atoms with Gasteiger partial charge in [0, 0.05) is 6.04 Å². The number of halogens is 2. The van der Waals surface area contributed by atoms with Crippen LogP contribution in [-0.2, 0) is 6.42 Å². The Hall–Kier alpha value is -0.240. The molecule has 0 aliphatic rings. The lowest BCUT2D eigenvalue weighted by molar-refractivity contribution is 0.315. The van der Waals surface area contributed by atoms with Gasteiger partial charge in [0.25, 0.3) is 0 Å². The summed E-state index contributed by atoms with van der Waals surface area (Å²) in [5, 5.41) is 5.03. The third-order valence-corrected chi connectivity index (χ3v) is 4.86. The van der Waals surface area contributed by atoms with Crippen molar-refractivity contribution in [2.75, 3.05) is 6.54 Å². The molecule has 0 aliphatic heterocycles. The van der Waals surface area contributed by atoms with Crippen LogP contribution in [0.4, 0.5) is 0 Å². The molecule has 1 nitrogen and oxygen atoms in total. The molecule has 1 N–H and O–H groups in total. The van der Waals surface area contributed by atoms with Gasteiger partial charge in [-0.2, -0.15) is 0 Å². The smallest absolute Gasteiger partial charge is 0.0595 e. The second kappa shape index (κ2) is 10.5. The van der Waals surface area contributed by atoms with E-state index in [0.717, 1.165) is 18.9 Å². The van der Waals surface area contributed by atoms with E-state index in [1.54, 1.807) is 0 Å². The van der Waals surface area contributed by atoms with Crippen LogP contribution in [0.3, 0.4) is 0 Å². The van der Waals surface area contributed by atoms with Crippen molar-refractivity contribution in [2.24, 2.45) is 5.92 Å². The van der Waals surface area contributed by atoms with E-state index in [0.29, 0.717) is 16.1 Å². The topological polar surface area (TPSA) is 12.0 Å². The van der Waals surface area contributed by atoms with Crippen LogP contribution in [0.25, 0.3) is 0 Å². The Labute approximate surface area is 140 Å². The van der Waals surface area contributed by atoms with Gasteiger partial charge >= 0.3 is 0 Å². The molecule has 0 amide bonds. The Bertz CT molecular complexity index is 406. The van der Waals surface area contributed by atoms with E-state index in [1.807, 2.05) is 12.1 Å². The summed E-state index contributed by atoms with van der Waals surface area (Å²) < 4.78 is 0. The van der Waals surface area contributed by atoms with Crippen molar-refractivity contribution in [1.82, 2.24) is 5.32 Å². The molecule has 3 heteroatoms. The molecule has 120 valence electrons. The Morgan fingerprint density at radius 1 is 1.05 bits per heavy atom. The minimum atomic E-state index is 0.527. The molecule has 0 saturated carbocycles. The highest BCUT2D eigenvalue weighted by Crippen LogP contribution is 2.25. The molecule has 0 aliphatic carbocycles. The fourth-order valence-electron chi connectivity index (χ4n) is 2.81. The summed E-state index contributed by atoms with van der Waals surface area (Å²) in [5.74, 6) is 0.728. The van der Waals surface area contributed by atoms with Crippen LogP contribution in [0.1, 0.15) is 58.4 Å². The number of hydrogen-bond acceptors (Lipinski definition) is 1. The first-order chi connectivity index (χ1) is 10.1. The zero-order chi connectivity index (χ0) is 15.7. The number of rotatable bonds is 10. The van der Waals surface area contributed by atoms with Gasteiger partial charge in [0.2, 0.25) is 0 Å². The molecule has 0 fully saturated rings. The van der Waals surface area contributed by atoms with Crippen molar-refractivity contribution in [2.45, 2.75) is 65.3 Å². The molecule has 0 aromatic heterocycles. The van der Waals surface area contributed by atoms with Gasteiger partial charge < -0.3 is 5.32 Å². The van der Waals surface area contributed by atoms with E-state index in [4.69, 9.17) is 23.2 Å². The molecule has 0 radical (unpaired) electrons. The van der Waals surface area contributed by atoms with E-state index in [2.05, 4.69) is 32.2 Å². The molecule has 1 aromatic rings. The Morgan fingerprint density at radius 3 is 2.38 bits per heavy atom. The molecular weight excluding hydrogens is 301 g/mol. The van der Waals surface area contributed by atoms with Crippen molar-refractivity contribution in [3.05, 3.63) is 33.8 Å². The van der Waals surface area contributed by atoms with Crippen LogP contribution in [-0.4, -0.2) is 12.6 Å². The van der Waals surface area contributed by atoms with Gasteiger partial charge in [0.15, 0.2) is 0 Å². The summed E-state index contributed by atoms with van der Waals surface area (Å²) in [6.45, 7) is 7.86. The lowest BCUT2D eigenvalue weighted by Crippen LogP contribution is -2.38. The van der Waals surface area contributed by atoms with Gasteiger partial charge in [0.1, 0.15) is 0 Å². The molecule has 0 bridgehead atoms. The summed E-state index contributed by atoms with van der Waals surface area (Å²) in [4.78, 5) is 0. The molecule has 1 rings (SSSR count). The normalized spacial score (nSPS) is 14.1. The second-order valence-electron chi connectivity index (χ2n) is 5.82. The highest BCUT2D eigenvalue weighted by molar-refractivity contribution is 6.42. The van der Waals surface area contributed by atoms with Gasteiger partial charge in [-0.15, -0.1) is 0 Å². The maximum atomic E-state index is 6.15. The van der Waals surface area contributed by atoms with E-state index >= 15 is 0 Å². The van der Waals surface area contributed by atoms with Crippen LogP contribution in [0.2, 0.25) is 10.0 Å². The Kier molecular flexibility index (Phi) is 9.39. The zero-order valence-corrected chi connectivity index (χ0v) is 15.1. The molecule has 0 saturated heterocycles. The maximum absolute atomic E-state index is 6.15. The van der Waals surface area contributed by atoms with Crippen molar-refractivity contribution in [1.29, 1.82) is 0 Å². The average molecular weight is 330 g/mol. The molecule has 0 heterocycles. The van der Waals surface area contributed by atoms with Gasteiger partial charge in [-0.1, -0.05) is 69.3 Å². The molecule has 2 atom stereocenters. The van der Waals surface area contributed by atoms with E-state index < -0.39 is 0 Å². The second-order valence-corrected chi connectivity index (χ2v) is 6.64. The molecule has 2 unspecified atom stereocenters. The summed E-state index contributed by atoms with van der Waals surface area (Å²) in [6.07, 6.45) is 7.30. The highest BCUT2D eigenvalue weighted by Gasteiger charge is 2.19. The van der Waals surface area contributed by atoms with Gasteiger partial charge in [-0.25, -0.2) is 0 Å². The van der Waals surface area contributed by atoms with Crippen LogP contribution in [0.15, 0.2) is 18.2 Å². The van der Waals surface area contributed by atoms with Crippen LogP contribution < -0.4 is 5.32 Å². The van der Waals surface area contributed by atoms with Gasteiger partial charge in [0.05, 0.1) is 10.0 Å². The summed E-state index contributed by atoms with van der Waals surface area (Å²) in [5.41, 5.74) is 1.27. The molecule has 0 spiro atoms. The predicted octanol–water partition coefficient (Wildman–Crippen LogP) is 6.12. The standard InChI is InChI=1S/C18H29Cl2N/c1-4-7-8-15(6-3)18(21-11-5-2)13-14-9-10-16(19)17(20)12-14/h9-10,12,15,18,21H,4-8,11,13H2,1-3H3. The third kappa shape index (κ3) is 6.59. The van der Waals surface area contributed by atoms with E-state index in [1.165, 1.54) is 37.7 Å².